The molecular weight excluding hydrogens is 348 g/mol. The first kappa shape index (κ1) is 15.1. The molecule has 0 fully saturated rings. The molecule has 0 bridgehead atoms. The monoisotopic (exact) mass is 355 g/mol. The van der Waals surface area contributed by atoms with Gasteiger partial charge in [0.2, 0.25) is 0 Å². The zero-order chi connectivity index (χ0) is 15.6. The van der Waals surface area contributed by atoms with Crippen LogP contribution in [0.1, 0.15) is 20.7 Å². The number of amides is 1. The minimum absolute atomic E-state index is 0.0134. The minimum Gasteiger partial charge on any atom is -0.478 e. The van der Waals surface area contributed by atoms with Gasteiger partial charge >= 0.3 is 5.97 Å². The van der Waals surface area contributed by atoms with Crippen LogP contribution < -0.4 is 5.32 Å². The lowest BCUT2D eigenvalue weighted by Gasteiger charge is -2.09. The number of hydrogen-bond donors (Lipinski definition) is 2. The molecule has 0 aliphatic carbocycles. The van der Waals surface area contributed by atoms with Gasteiger partial charge in [-0.15, -0.1) is 0 Å². The molecule has 0 aliphatic heterocycles. The van der Waals surface area contributed by atoms with E-state index in [9.17, 15) is 18.4 Å². The average molecular weight is 356 g/mol. The second kappa shape index (κ2) is 6.01. The Kier molecular flexibility index (Phi) is 4.32. The van der Waals surface area contributed by atoms with Crippen LogP contribution in [0.15, 0.2) is 40.9 Å². The number of nitrogens with one attached hydrogen (secondary N) is 1. The lowest BCUT2D eigenvalue weighted by atomic mass is 10.1. The Morgan fingerprint density at radius 2 is 1.76 bits per heavy atom. The first-order valence-corrected chi connectivity index (χ1v) is 6.47. The maximum Gasteiger partial charge on any atom is 0.337 e. The van der Waals surface area contributed by atoms with Crippen LogP contribution in [0.5, 0.6) is 0 Å². The number of carbonyl (C=O) groups is 2. The highest BCUT2D eigenvalue weighted by Gasteiger charge is 2.16. The van der Waals surface area contributed by atoms with Crippen LogP contribution in [0.3, 0.4) is 0 Å². The summed E-state index contributed by atoms with van der Waals surface area (Å²) < 4.78 is 26.8. The molecule has 2 N–H and O–H groups in total. The van der Waals surface area contributed by atoms with E-state index in [1.54, 1.807) is 0 Å². The van der Waals surface area contributed by atoms with Crippen LogP contribution >= 0.6 is 15.9 Å². The zero-order valence-corrected chi connectivity index (χ0v) is 11.9. The largest absolute Gasteiger partial charge is 0.478 e. The second-order valence-corrected chi connectivity index (χ2v) is 4.99. The van der Waals surface area contributed by atoms with Gasteiger partial charge in [-0.3, -0.25) is 4.79 Å². The topological polar surface area (TPSA) is 66.4 Å². The van der Waals surface area contributed by atoms with E-state index in [0.717, 1.165) is 12.1 Å². The number of carbonyl (C=O) groups excluding carboxylic acids is 1. The Balaban J connectivity index is 2.34. The molecule has 0 saturated heterocycles. The van der Waals surface area contributed by atoms with E-state index in [1.807, 2.05) is 0 Å². The van der Waals surface area contributed by atoms with Crippen molar-refractivity contribution in [1.29, 1.82) is 0 Å². The molecular formula is C14H8BrF2NO3. The fourth-order valence-electron chi connectivity index (χ4n) is 1.67. The van der Waals surface area contributed by atoms with Gasteiger partial charge in [-0.1, -0.05) is 15.9 Å². The molecule has 4 nitrogen and oxygen atoms in total. The number of carboxylic acid groups (broad SMARTS) is 1. The average Bonchev–Trinajstić information content (AvgIpc) is 2.40. The van der Waals surface area contributed by atoms with Crippen LogP contribution in [0, 0.1) is 11.6 Å². The SMILES string of the molecule is O=C(Nc1ccc(Br)cc1C(=O)O)c1ccc(F)cc1F. The Labute approximate surface area is 126 Å². The Bertz CT molecular complexity index is 734. The summed E-state index contributed by atoms with van der Waals surface area (Å²) in [6.07, 6.45) is 0. The number of carboxylic acids is 1. The van der Waals surface area contributed by atoms with Gasteiger partial charge < -0.3 is 10.4 Å². The lowest BCUT2D eigenvalue weighted by Crippen LogP contribution is -2.16. The molecule has 2 aromatic carbocycles. The molecule has 2 rings (SSSR count). The summed E-state index contributed by atoms with van der Waals surface area (Å²) in [6.45, 7) is 0. The molecule has 0 aromatic heterocycles. The van der Waals surface area contributed by atoms with E-state index in [4.69, 9.17) is 5.11 Å². The highest BCUT2D eigenvalue weighted by molar-refractivity contribution is 9.10. The van der Waals surface area contributed by atoms with Crippen molar-refractivity contribution in [1.82, 2.24) is 0 Å². The Hall–Kier alpha value is -2.28. The molecule has 2 aromatic rings. The molecule has 7 heteroatoms. The van der Waals surface area contributed by atoms with E-state index < -0.39 is 23.5 Å². The molecule has 0 heterocycles. The molecule has 0 saturated carbocycles. The van der Waals surface area contributed by atoms with Crippen LogP contribution in [0.25, 0.3) is 0 Å². The molecule has 1 amide bonds. The highest BCUT2D eigenvalue weighted by atomic mass is 79.9. The standard InChI is InChI=1S/C14H8BrF2NO3/c15-7-1-4-12(10(5-7)14(20)21)18-13(19)9-3-2-8(16)6-11(9)17/h1-6H,(H,18,19)(H,20,21). The summed E-state index contributed by atoms with van der Waals surface area (Å²) in [5.74, 6) is -3.94. The second-order valence-electron chi connectivity index (χ2n) is 4.07. The van der Waals surface area contributed by atoms with Gasteiger partial charge in [0.05, 0.1) is 16.8 Å². The number of hydrogen-bond acceptors (Lipinski definition) is 2. The minimum atomic E-state index is -1.24. The normalized spacial score (nSPS) is 10.2. The maximum atomic E-state index is 13.5. The Morgan fingerprint density at radius 3 is 2.38 bits per heavy atom. The lowest BCUT2D eigenvalue weighted by molar-refractivity contribution is 0.0698. The fraction of sp³-hybridized carbons (Fsp3) is 0. The van der Waals surface area contributed by atoms with Gasteiger partial charge in [0, 0.05) is 10.5 Å². The Morgan fingerprint density at radius 1 is 1.05 bits per heavy atom. The third-order valence-electron chi connectivity index (χ3n) is 2.64. The van der Waals surface area contributed by atoms with Crippen molar-refractivity contribution in [2.24, 2.45) is 0 Å². The number of benzene rings is 2. The fourth-order valence-corrected chi connectivity index (χ4v) is 2.03. The van der Waals surface area contributed by atoms with Crippen molar-refractivity contribution < 1.29 is 23.5 Å². The van der Waals surface area contributed by atoms with Gasteiger partial charge in [0.25, 0.3) is 5.91 Å². The van der Waals surface area contributed by atoms with Crippen LogP contribution in [-0.4, -0.2) is 17.0 Å². The van der Waals surface area contributed by atoms with Crippen molar-refractivity contribution >= 4 is 33.5 Å². The summed E-state index contributed by atoms with van der Waals surface area (Å²) in [6, 6.07) is 6.71. The van der Waals surface area contributed by atoms with Crippen LogP contribution in [0.2, 0.25) is 0 Å². The van der Waals surface area contributed by atoms with Crippen molar-refractivity contribution in [2.45, 2.75) is 0 Å². The third kappa shape index (κ3) is 3.43. The summed E-state index contributed by atoms with van der Waals surface area (Å²) in [5, 5.41) is 11.4. The number of anilines is 1. The summed E-state index contributed by atoms with van der Waals surface area (Å²) in [4.78, 5) is 23.0. The first-order valence-electron chi connectivity index (χ1n) is 5.67. The molecule has 0 radical (unpaired) electrons. The van der Waals surface area contributed by atoms with Gasteiger partial charge in [-0.2, -0.15) is 0 Å². The van der Waals surface area contributed by atoms with E-state index in [0.29, 0.717) is 10.5 Å². The van der Waals surface area contributed by atoms with Crippen molar-refractivity contribution in [3.05, 3.63) is 63.6 Å². The van der Waals surface area contributed by atoms with Crippen molar-refractivity contribution in [2.75, 3.05) is 5.32 Å². The summed E-state index contributed by atoms with van der Waals surface area (Å²) in [5.41, 5.74) is -0.518. The van der Waals surface area contributed by atoms with Crippen LogP contribution in [0.4, 0.5) is 14.5 Å². The van der Waals surface area contributed by atoms with Crippen molar-refractivity contribution in [3.63, 3.8) is 0 Å². The number of aromatic carboxylic acids is 1. The smallest absolute Gasteiger partial charge is 0.337 e. The summed E-state index contributed by atoms with van der Waals surface area (Å²) in [7, 11) is 0. The van der Waals surface area contributed by atoms with E-state index in [-0.39, 0.29) is 16.8 Å². The van der Waals surface area contributed by atoms with Crippen LogP contribution in [-0.2, 0) is 0 Å². The van der Waals surface area contributed by atoms with Gasteiger partial charge in [-0.05, 0) is 30.3 Å². The maximum absolute atomic E-state index is 13.5. The van der Waals surface area contributed by atoms with E-state index in [2.05, 4.69) is 21.2 Å². The predicted molar refractivity (Wildman–Crippen MR) is 75.4 cm³/mol. The molecule has 0 unspecified atom stereocenters. The highest BCUT2D eigenvalue weighted by Crippen LogP contribution is 2.22. The van der Waals surface area contributed by atoms with E-state index >= 15 is 0 Å². The molecule has 0 aliphatic rings. The van der Waals surface area contributed by atoms with Gasteiger partial charge in [0.1, 0.15) is 11.6 Å². The summed E-state index contributed by atoms with van der Waals surface area (Å²) >= 11 is 3.12. The quantitative estimate of drug-likeness (QED) is 0.882. The molecule has 0 atom stereocenters. The van der Waals surface area contributed by atoms with E-state index in [1.165, 1.54) is 18.2 Å². The van der Waals surface area contributed by atoms with Gasteiger partial charge in [-0.25, -0.2) is 13.6 Å². The first-order chi connectivity index (χ1) is 9.88. The molecule has 108 valence electrons. The third-order valence-corrected chi connectivity index (χ3v) is 3.13. The molecule has 21 heavy (non-hydrogen) atoms. The zero-order valence-electron chi connectivity index (χ0n) is 10.4. The van der Waals surface area contributed by atoms with Crippen molar-refractivity contribution in [3.8, 4) is 0 Å². The molecule has 0 spiro atoms. The van der Waals surface area contributed by atoms with Gasteiger partial charge in [0.15, 0.2) is 0 Å². The predicted octanol–water partition coefficient (Wildman–Crippen LogP) is 3.68. The number of halogens is 3. The number of rotatable bonds is 3.